The molecule has 0 saturated heterocycles. The summed E-state index contributed by atoms with van der Waals surface area (Å²) in [6.07, 6.45) is 23.7. The van der Waals surface area contributed by atoms with Crippen LogP contribution in [0.25, 0.3) is 22.7 Å². The van der Waals surface area contributed by atoms with E-state index in [0.29, 0.717) is 24.0 Å². The molecule has 1 aromatic heterocycles. The molecule has 0 spiro atoms. The zero-order chi connectivity index (χ0) is 35.4. The van der Waals surface area contributed by atoms with Gasteiger partial charge in [0, 0.05) is 45.7 Å². The summed E-state index contributed by atoms with van der Waals surface area (Å²) in [5.41, 5.74) is 10.5. The van der Waals surface area contributed by atoms with Crippen LogP contribution in [0.1, 0.15) is 33.5 Å². The van der Waals surface area contributed by atoms with Crippen molar-refractivity contribution in [2.45, 2.75) is 12.8 Å². The lowest BCUT2D eigenvalue weighted by Gasteiger charge is -2.18. The molecule has 0 saturated carbocycles. The molecule has 0 aliphatic rings. The molecule has 2 N–H and O–H groups in total. The van der Waals surface area contributed by atoms with E-state index in [2.05, 4.69) is 75.6 Å². The van der Waals surface area contributed by atoms with Crippen LogP contribution >= 0.6 is 0 Å². The molecule has 0 fully saturated rings. The number of benzene rings is 5. The van der Waals surface area contributed by atoms with Gasteiger partial charge in [0.15, 0.2) is 0 Å². The van der Waals surface area contributed by atoms with Crippen LogP contribution in [0.3, 0.4) is 0 Å². The number of hydrogen-bond donors (Lipinski definition) is 2. The van der Waals surface area contributed by atoms with Gasteiger partial charge in [0.25, 0.3) is 0 Å². The highest BCUT2D eigenvalue weighted by Gasteiger charge is 2.23. The fourth-order valence-electron chi connectivity index (χ4n) is 6.22. The second kappa shape index (κ2) is 16.1. The molecule has 0 aliphatic heterocycles. The minimum atomic E-state index is 0.548. The maximum absolute atomic E-state index is 9.89. The third-order valence-electron chi connectivity index (χ3n) is 8.51. The number of terminal acetylenes is 2. The highest BCUT2D eigenvalue weighted by Crippen LogP contribution is 2.39. The van der Waals surface area contributed by atoms with Crippen molar-refractivity contribution in [3.8, 4) is 42.5 Å². The minimum absolute atomic E-state index is 0.548. The van der Waals surface area contributed by atoms with Crippen molar-refractivity contribution in [2.24, 2.45) is 0 Å². The normalized spacial score (nSPS) is 11.0. The van der Waals surface area contributed by atoms with Crippen LogP contribution in [0, 0.1) is 47.3 Å². The molecule has 51 heavy (non-hydrogen) atoms. The van der Waals surface area contributed by atoms with Gasteiger partial charge in [-0.05, 0) is 78.7 Å². The van der Waals surface area contributed by atoms with Gasteiger partial charge in [0.1, 0.15) is 12.1 Å². The first-order valence-electron chi connectivity index (χ1n) is 16.4. The van der Waals surface area contributed by atoms with Gasteiger partial charge >= 0.3 is 0 Å². The van der Waals surface area contributed by atoms with E-state index >= 15 is 0 Å². The summed E-state index contributed by atoms with van der Waals surface area (Å²) in [4.78, 5) is 0. The number of para-hydroxylation sites is 4. The van der Waals surface area contributed by atoms with Crippen LogP contribution in [-0.2, 0) is 12.8 Å². The van der Waals surface area contributed by atoms with Gasteiger partial charge in [-0.2, -0.15) is 10.5 Å². The molecule has 5 aromatic carbocycles. The van der Waals surface area contributed by atoms with E-state index < -0.39 is 0 Å². The Kier molecular flexibility index (Phi) is 10.6. The van der Waals surface area contributed by atoms with Gasteiger partial charge in [0.2, 0.25) is 0 Å². The molecule has 0 aliphatic carbocycles. The Morgan fingerprint density at radius 2 is 1.24 bits per heavy atom. The molecule has 0 bridgehead atoms. The summed E-state index contributed by atoms with van der Waals surface area (Å²) < 4.78 is 2.31. The summed E-state index contributed by atoms with van der Waals surface area (Å²) in [6.45, 7) is 0. The topological polar surface area (TPSA) is 76.6 Å². The average Bonchev–Trinajstić information content (AvgIpc) is 3.48. The van der Waals surface area contributed by atoms with Crippen LogP contribution in [0.2, 0.25) is 0 Å². The van der Waals surface area contributed by atoms with E-state index in [-0.39, 0.29) is 0 Å². The third-order valence-corrected chi connectivity index (χ3v) is 8.51. The number of nitriles is 2. The number of aromatic nitrogens is 1. The number of allylic oxidation sites excluding steroid dienone is 5. The predicted molar refractivity (Wildman–Crippen MR) is 210 cm³/mol. The number of hydrogen-bond acceptors (Lipinski definition) is 4. The van der Waals surface area contributed by atoms with E-state index in [1.807, 2.05) is 91.0 Å². The molecule has 0 amide bonds. The summed E-state index contributed by atoms with van der Waals surface area (Å²) in [7, 11) is 0. The number of fused-ring (bicyclic) bond motifs is 1. The molecular weight excluding hydrogens is 623 g/mol. The second-order valence-electron chi connectivity index (χ2n) is 11.6. The Balaban J connectivity index is 1.62. The Hall–Kier alpha value is -7.44. The van der Waals surface area contributed by atoms with Crippen molar-refractivity contribution >= 4 is 39.7 Å². The molecule has 6 aromatic rings. The van der Waals surface area contributed by atoms with E-state index in [1.165, 1.54) is 0 Å². The molecule has 0 radical (unpaired) electrons. The SMILES string of the molecule is C#C/C=C\C=C/Cc1c(Nc2ccccc2C#N)ccc2c(/C=C\C#C)c(Cc3ccccc3Nc3ccccc3C#N)n(-c3ccccc3)c12. The van der Waals surface area contributed by atoms with Crippen molar-refractivity contribution < 1.29 is 0 Å². The quantitative estimate of drug-likeness (QED) is 0.108. The Labute approximate surface area is 299 Å². The zero-order valence-corrected chi connectivity index (χ0v) is 27.8. The van der Waals surface area contributed by atoms with Gasteiger partial charge in [-0.3, -0.25) is 0 Å². The first-order chi connectivity index (χ1) is 25.2. The van der Waals surface area contributed by atoms with Crippen molar-refractivity contribution in [3.05, 3.63) is 179 Å². The predicted octanol–water partition coefficient (Wildman–Crippen LogP) is 10.4. The van der Waals surface area contributed by atoms with Crippen molar-refractivity contribution in [2.75, 3.05) is 10.6 Å². The van der Waals surface area contributed by atoms with Gasteiger partial charge < -0.3 is 15.2 Å². The monoisotopic (exact) mass is 655 g/mol. The fraction of sp³-hybridized carbons (Fsp3) is 0.0435. The smallest absolute Gasteiger partial charge is 0.101 e. The first-order valence-corrected chi connectivity index (χ1v) is 16.4. The van der Waals surface area contributed by atoms with Gasteiger partial charge in [-0.25, -0.2) is 0 Å². The highest BCUT2D eigenvalue weighted by atomic mass is 15.0. The first kappa shape index (κ1) is 33.5. The number of rotatable bonds is 11. The number of anilines is 4. The standard InChI is InChI=1S/C46H33N5/c1-3-5-7-8-12-25-40-44(50-43-28-18-15-21-36(43)33-48)30-29-39-38(24-6-4-2)45(51(46(39)40)37-22-10-9-11-23-37)31-34-19-13-16-26-41(34)49-42-27-17-14-20-35(42)32-47/h1-2,5-24,26-30,49-50H,25,31H2/b7-5-,12-8-,24-6-. The van der Waals surface area contributed by atoms with E-state index in [9.17, 15) is 10.5 Å². The fourth-order valence-corrected chi connectivity index (χ4v) is 6.22. The van der Waals surface area contributed by atoms with Crippen molar-refractivity contribution in [1.82, 2.24) is 4.57 Å². The molecule has 5 nitrogen and oxygen atoms in total. The highest BCUT2D eigenvalue weighted by molar-refractivity contribution is 5.98. The summed E-state index contributed by atoms with van der Waals surface area (Å²) in [5.74, 6) is 5.23. The van der Waals surface area contributed by atoms with Crippen molar-refractivity contribution in [3.63, 3.8) is 0 Å². The van der Waals surface area contributed by atoms with Crippen LogP contribution in [0.5, 0.6) is 0 Å². The average molecular weight is 656 g/mol. The lowest BCUT2D eigenvalue weighted by atomic mass is 10.00. The van der Waals surface area contributed by atoms with Gasteiger partial charge in [-0.15, -0.1) is 12.8 Å². The summed E-state index contributed by atoms with van der Waals surface area (Å²) in [5, 5.41) is 27.8. The minimum Gasteiger partial charge on any atom is -0.354 e. The molecule has 1 heterocycles. The number of nitrogens with zero attached hydrogens (tertiary/aromatic N) is 3. The van der Waals surface area contributed by atoms with E-state index in [1.54, 1.807) is 24.3 Å². The molecule has 0 atom stereocenters. The van der Waals surface area contributed by atoms with Crippen molar-refractivity contribution in [1.29, 1.82) is 10.5 Å². The maximum Gasteiger partial charge on any atom is 0.101 e. The summed E-state index contributed by atoms with van der Waals surface area (Å²) >= 11 is 0. The van der Waals surface area contributed by atoms with Crippen LogP contribution in [-0.4, -0.2) is 4.57 Å². The van der Waals surface area contributed by atoms with Crippen LogP contribution < -0.4 is 10.6 Å². The molecule has 0 unspecified atom stereocenters. The Morgan fingerprint density at radius 3 is 1.90 bits per heavy atom. The lowest BCUT2D eigenvalue weighted by molar-refractivity contribution is 0.977. The van der Waals surface area contributed by atoms with Gasteiger partial charge in [0.05, 0.1) is 28.0 Å². The van der Waals surface area contributed by atoms with Gasteiger partial charge in [-0.1, -0.05) is 96.8 Å². The largest absolute Gasteiger partial charge is 0.354 e. The summed E-state index contributed by atoms with van der Waals surface area (Å²) in [6, 6.07) is 42.2. The van der Waals surface area contributed by atoms with Crippen LogP contribution in [0.4, 0.5) is 22.7 Å². The maximum atomic E-state index is 9.89. The Morgan fingerprint density at radius 1 is 0.627 bits per heavy atom. The van der Waals surface area contributed by atoms with E-state index in [0.717, 1.165) is 61.7 Å². The van der Waals surface area contributed by atoms with Crippen LogP contribution in [0.15, 0.2) is 146 Å². The van der Waals surface area contributed by atoms with E-state index in [4.69, 9.17) is 12.8 Å². The second-order valence-corrected chi connectivity index (χ2v) is 11.6. The molecule has 5 heteroatoms. The molecular formula is C46H33N5. The molecule has 6 rings (SSSR count). The zero-order valence-electron chi connectivity index (χ0n) is 27.8. The third kappa shape index (κ3) is 7.36. The number of nitrogens with one attached hydrogen (secondary N) is 2. The molecule has 242 valence electrons. The Bertz CT molecular complexity index is 2470. The lowest BCUT2D eigenvalue weighted by Crippen LogP contribution is -2.06.